The molecule has 0 spiro atoms. The predicted octanol–water partition coefficient (Wildman–Crippen LogP) is 2.33. The molecule has 1 saturated heterocycles. The lowest BCUT2D eigenvalue weighted by molar-refractivity contribution is -0.918. The van der Waals surface area contributed by atoms with Crippen LogP contribution in [0.4, 0.5) is 4.39 Å². The van der Waals surface area contributed by atoms with E-state index < -0.39 is 5.82 Å². The van der Waals surface area contributed by atoms with Crippen molar-refractivity contribution in [2.45, 2.75) is 32.4 Å². The van der Waals surface area contributed by atoms with Crippen LogP contribution < -0.4 is 15.0 Å². The van der Waals surface area contributed by atoms with Gasteiger partial charge in [0.25, 0.3) is 5.91 Å². The van der Waals surface area contributed by atoms with Crippen molar-refractivity contribution < 1.29 is 18.8 Å². The Bertz CT molecular complexity index is 757. The Morgan fingerprint density at radius 3 is 2.54 bits per heavy atom. The van der Waals surface area contributed by atoms with Gasteiger partial charge in [-0.05, 0) is 43.0 Å². The van der Waals surface area contributed by atoms with Gasteiger partial charge >= 0.3 is 0 Å². The van der Waals surface area contributed by atoms with Crippen LogP contribution in [0.1, 0.15) is 40.7 Å². The molecule has 4 nitrogen and oxygen atoms in total. The van der Waals surface area contributed by atoms with E-state index in [-0.39, 0.29) is 11.7 Å². The molecule has 0 saturated carbocycles. The molecule has 26 heavy (non-hydrogen) atoms. The van der Waals surface area contributed by atoms with Gasteiger partial charge in [-0.1, -0.05) is 24.3 Å². The summed E-state index contributed by atoms with van der Waals surface area (Å²) in [5, 5.41) is 2.90. The smallest absolute Gasteiger partial charge is 0.251 e. The zero-order chi connectivity index (χ0) is 18.4. The van der Waals surface area contributed by atoms with Crippen LogP contribution in [-0.4, -0.2) is 26.1 Å². The van der Waals surface area contributed by atoms with Gasteiger partial charge in [-0.3, -0.25) is 4.79 Å². The quantitative estimate of drug-likeness (QED) is 0.833. The Morgan fingerprint density at radius 2 is 1.85 bits per heavy atom. The molecule has 2 aromatic carbocycles. The summed E-state index contributed by atoms with van der Waals surface area (Å²) in [6.07, 6.45) is 3.91. The fourth-order valence-electron chi connectivity index (χ4n) is 3.49. The van der Waals surface area contributed by atoms with Crippen LogP contribution in [0.15, 0.2) is 42.5 Å². The number of amides is 1. The van der Waals surface area contributed by atoms with E-state index in [4.69, 9.17) is 4.74 Å². The molecular weight excluding hydrogens is 331 g/mol. The summed E-state index contributed by atoms with van der Waals surface area (Å²) < 4.78 is 18.7. The number of likely N-dealkylation sites (tertiary alicyclic amines) is 1. The SMILES string of the molecule is COc1ccc(C(=O)NCc2ccccc2C[NH+]2CCCCC2)cc1F. The second kappa shape index (κ2) is 8.81. The lowest BCUT2D eigenvalue weighted by Gasteiger charge is -2.24. The summed E-state index contributed by atoms with van der Waals surface area (Å²) in [6, 6.07) is 12.5. The normalized spacial score (nSPS) is 14.8. The molecule has 2 aromatic rings. The van der Waals surface area contributed by atoms with Crippen molar-refractivity contribution in [2.24, 2.45) is 0 Å². The van der Waals surface area contributed by atoms with Gasteiger partial charge < -0.3 is 15.0 Å². The third-order valence-corrected chi connectivity index (χ3v) is 4.97. The molecule has 1 aliphatic heterocycles. The van der Waals surface area contributed by atoms with Gasteiger partial charge in [0.1, 0.15) is 6.54 Å². The summed E-state index contributed by atoms with van der Waals surface area (Å²) in [4.78, 5) is 14.0. The summed E-state index contributed by atoms with van der Waals surface area (Å²) in [5.74, 6) is -0.683. The Hall–Kier alpha value is -2.40. The molecule has 0 aromatic heterocycles. The molecule has 0 aliphatic carbocycles. The van der Waals surface area contributed by atoms with Crippen molar-refractivity contribution in [3.8, 4) is 5.75 Å². The maximum atomic E-state index is 13.8. The number of quaternary nitrogens is 1. The van der Waals surface area contributed by atoms with Crippen LogP contribution in [-0.2, 0) is 13.1 Å². The first kappa shape index (κ1) is 18.4. The fourth-order valence-corrected chi connectivity index (χ4v) is 3.49. The number of piperidine rings is 1. The van der Waals surface area contributed by atoms with Crippen LogP contribution in [0.2, 0.25) is 0 Å². The van der Waals surface area contributed by atoms with Gasteiger partial charge in [-0.2, -0.15) is 0 Å². The molecular formula is C21H26FN2O2+. The van der Waals surface area contributed by atoms with Gasteiger partial charge in [0, 0.05) is 17.7 Å². The maximum absolute atomic E-state index is 13.8. The Morgan fingerprint density at radius 1 is 1.12 bits per heavy atom. The highest BCUT2D eigenvalue weighted by Crippen LogP contribution is 2.17. The molecule has 0 bridgehead atoms. The number of hydrogen-bond acceptors (Lipinski definition) is 2. The van der Waals surface area contributed by atoms with Gasteiger partial charge in [-0.15, -0.1) is 0 Å². The minimum atomic E-state index is -0.533. The topological polar surface area (TPSA) is 42.8 Å². The zero-order valence-electron chi connectivity index (χ0n) is 15.2. The number of ether oxygens (including phenoxy) is 1. The molecule has 1 aliphatic rings. The van der Waals surface area contributed by atoms with Gasteiger partial charge in [-0.25, -0.2) is 4.39 Å². The van der Waals surface area contributed by atoms with Crippen molar-refractivity contribution in [1.82, 2.24) is 5.32 Å². The molecule has 2 N–H and O–H groups in total. The largest absolute Gasteiger partial charge is 0.494 e. The average Bonchev–Trinajstić information content (AvgIpc) is 2.68. The summed E-state index contributed by atoms with van der Waals surface area (Å²) in [5.41, 5.74) is 2.68. The Kier molecular flexibility index (Phi) is 6.23. The highest BCUT2D eigenvalue weighted by Gasteiger charge is 2.16. The van der Waals surface area contributed by atoms with E-state index in [1.54, 1.807) is 11.0 Å². The first-order valence-electron chi connectivity index (χ1n) is 9.19. The molecule has 0 radical (unpaired) electrons. The minimum Gasteiger partial charge on any atom is -0.494 e. The van der Waals surface area contributed by atoms with E-state index >= 15 is 0 Å². The number of hydrogen-bond donors (Lipinski definition) is 2. The number of methoxy groups -OCH3 is 1. The summed E-state index contributed by atoms with van der Waals surface area (Å²) >= 11 is 0. The van der Waals surface area contributed by atoms with Crippen LogP contribution >= 0.6 is 0 Å². The Balaban J connectivity index is 1.63. The van der Waals surface area contributed by atoms with E-state index in [9.17, 15) is 9.18 Å². The standard InChI is InChI=1S/C21H25FN2O2/c1-26-20-10-9-16(13-19(20)22)21(25)23-14-17-7-3-4-8-18(17)15-24-11-5-2-6-12-24/h3-4,7-10,13H,2,5-6,11-12,14-15H2,1H3,(H,23,25)/p+1. The van der Waals surface area contributed by atoms with Gasteiger partial charge in [0.15, 0.2) is 11.6 Å². The minimum absolute atomic E-state index is 0.136. The maximum Gasteiger partial charge on any atom is 0.251 e. The van der Waals surface area contributed by atoms with E-state index in [1.165, 1.54) is 57.2 Å². The van der Waals surface area contributed by atoms with Crippen molar-refractivity contribution in [3.63, 3.8) is 0 Å². The average molecular weight is 357 g/mol. The Labute approximate surface area is 154 Å². The van der Waals surface area contributed by atoms with E-state index in [0.29, 0.717) is 12.1 Å². The molecule has 3 rings (SSSR count). The molecule has 138 valence electrons. The van der Waals surface area contributed by atoms with Gasteiger partial charge in [0.2, 0.25) is 0 Å². The molecule has 1 amide bonds. The van der Waals surface area contributed by atoms with Crippen LogP contribution in [0.5, 0.6) is 5.75 Å². The first-order chi connectivity index (χ1) is 12.7. The van der Waals surface area contributed by atoms with Crippen molar-refractivity contribution in [2.75, 3.05) is 20.2 Å². The second-order valence-electron chi connectivity index (χ2n) is 6.79. The lowest BCUT2D eigenvalue weighted by Crippen LogP contribution is -3.11. The summed E-state index contributed by atoms with van der Waals surface area (Å²) in [7, 11) is 1.40. The number of carbonyl (C=O) groups excluding carboxylic acids is 1. The fraction of sp³-hybridized carbons (Fsp3) is 0.381. The number of nitrogens with one attached hydrogen (secondary N) is 2. The molecule has 1 heterocycles. The van der Waals surface area contributed by atoms with E-state index in [0.717, 1.165) is 12.1 Å². The molecule has 5 heteroatoms. The zero-order valence-corrected chi connectivity index (χ0v) is 15.2. The van der Waals surface area contributed by atoms with E-state index in [2.05, 4.69) is 11.4 Å². The second-order valence-corrected chi connectivity index (χ2v) is 6.79. The monoisotopic (exact) mass is 357 g/mol. The molecule has 0 atom stereocenters. The third-order valence-electron chi connectivity index (χ3n) is 4.97. The third kappa shape index (κ3) is 4.61. The predicted molar refractivity (Wildman–Crippen MR) is 98.8 cm³/mol. The molecule has 0 unspecified atom stereocenters. The summed E-state index contributed by atoms with van der Waals surface area (Å²) in [6.45, 7) is 3.86. The highest BCUT2D eigenvalue weighted by atomic mass is 19.1. The number of rotatable bonds is 6. The molecule has 1 fully saturated rings. The van der Waals surface area contributed by atoms with Crippen LogP contribution in [0.25, 0.3) is 0 Å². The van der Waals surface area contributed by atoms with Crippen molar-refractivity contribution >= 4 is 5.91 Å². The lowest BCUT2D eigenvalue weighted by atomic mass is 10.0. The van der Waals surface area contributed by atoms with E-state index in [1.807, 2.05) is 18.2 Å². The first-order valence-corrected chi connectivity index (χ1v) is 9.19. The number of halogens is 1. The van der Waals surface area contributed by atoms with Crippen molar-refractivity contribution in [3.05, 3.63) is 65.0 Å². The number of benzene rings is 2. The van der Waals surface area contributed by atoms with Gasteiger partial charge in [0.05, 0.1) is 20.2 Å². The number of carbonyl (C=O) groups is 1. The van der Waals surface area contributed by atoms with Crippen LogP contribution in [0.3, 0.4) is 0 Å². The van der Waals surface area contributed by atoms with Crippen molar-refractivity contribution in [1.29, 1.82) is 0 Å². The van der Waals surface area contributed by atoms with Crippen LogP contribution in [0, 0.1) is 5.82 Å². The highest BCUT2D eigenvalue weighted by molar-refractivity contribution is 5.94.